The molecule has 0 amide bonds. The molecular weight excluding hydrogens is 296 g/mol. The molecule has 3 rings (SSSR count). The van der Waals surface area contributed by atoms with Crippen molar-refractivity contribution in [3.63, 3.8) is 0 Å². The van der Waals surface area contributed by atoms with E-state index >= 15 is 0 Å². The summed E-state index contributed by atoms with van der Waals surface area (Å²) in [4.78, 5) is 6.28. The van der Waals surface area contributed by atoms with Gasteiger partial charge in [0.25, 0.3) is 0 Å². The first-order valence-corrected chi connectivity index (χ1v) is 9.44. The summed E-state index contributed by atoms with van der Waals surface area (Å²) in [6.07, 6.45) is 4.88. The standard InChI is InChI=1S/C17H28N2O2S/c20-16(13-21-14-17-4-3-11-22-17)12-18-9-5-15(6-10-18)19-7-1-2-8-19/h3-4,11,15-16,20H,1-2,5-10,12-14H2. The number of hydrogen-bond acceptors (Lipinski definition) is 5. The molecule has 2 aliphatic rings. The van der Waals surface area contributed by atoms with E-state index in [-0.39, 0.29) is 6.10 Å². The molecule has 1 atom stereocenters. The summed E-state index contributed by atoms with van der Waals surface area (Å²) in [5.74, 6) is 0. The molecule has 0 aromatic carbocycles. The van der Waals surface area contributed by atoms with Crippen LogP contribution in [-0.2, 0) is 11.3 Å². The van der Waals surface area contributed by atoms with E-state index < -0.39 is 0 Å². The molecule has 4 nitrogen and oxygen atoms in total. The number of β-amino-alcohol motifs (C(OH)–C–C–N with tert-alkyl or cyclic N) is 1. The van der Waals surface area contributed by atoms with Crippen molar-refractivity contribution in [2.45, 2.75) is 44.4 Å². The molecule has 22 heavy (non-hydrogen) atoms. The Balaban J connectivity index is 1.30. The van der Waals surface area contributed by atoms with Crippen LogP contribution in [0.5, 0.6) is 0 Å². The summed E-state index contributed by atoms with van der Waals surface area (Å²) in [6, 6.07) is 4.88. The van der Waals surface area contributed by atoms with Gasteiger partial charge in [-0.1, -0.05) is 6.07 Å². The number of likely N-dealkylation sites (tertiary alicyclic amines) is 2. The van der Waals surface area contributed by atoms with E-state index in [0.29, 0.717) is 13.2 Å². The fourth-order valence-corrected chi connectivity index (χ4v) is 4.26. The minimum Gasteiger partial charge on any atom is -0.389 e. The molecule has 0 saturated carbocycles. The number of aliphatic hydroxyl groups excluding tert-OH is 1. The first-order chi connectivity index (χ1) is 10.8. The van der Waals surface area contributed by atoms with Crippen molar-refractivity contribution in [3.8, 4) is 0 Å². The SMILES string of the molecule is OC(COCc1cccs1)CN1CCC(N2CCCC2)CC1. The molecule has 3 heterocycles. The molecule has 124 valence electrons. The van der Waals surface area contributed by atoms with Crippen LogP contribution >= 0.6 is 11.3 Å². The maximum atomic E-state index is 10.1. The second-order valence-corrected chi connectivity index (χ2v) is 7.56. The molecule has 0 spiro atoms. The summed E-state index contributed by atoms with van der Waals surface area (Å²) in [7, 11) is 0. The van der Waals surface area contributed by atoms with Gasteiger partial charge in [-0.25, -0.2) is 0 Å². The maximum absolute atomic E-state index is 10.1. The van der Waals surface area contributed by atoms with Gasteiger partial charge >= 0.3 is 0 Å². The minimum atomic E-state index is -0.372. The van der Waals surface area contributed by atoms with Crippen molar-refractivity contribution in [3.05, 3.63) is 22.4 Å². The lowest BCUT2D eigenvalue weighted by Gasteiger charge is -2.37. The fraction of sp³-hybridized carbons (Fsp3) is 0.765. The van der Waals surface area contributed by atoms with Gasteiger partial charge in [0.2, 0.25) is 0 Å². The Labute approximate surface area is 137 Å². The Hall–Kier alpha value is -0.460. The molecule has 2 aliphatic heterocycles. The van der Waals surface area contributed by atoms with Crippen LogP contribution in [0.25, 0.3) is 0 Å². The number of thiophene rings is 1. The molecule has 1 aromatic heterocycles. The van der Waals surface area contributed by atoms with Gasteiger partial charge < -0.3 is 19.6 Å². The van der Waals surface area contributed by atoms with Gasteiger partial charge in [0.05, 0.1) is 19.3 Å². The highest BCUT2D eigenvalue weighted by Gasteiger charge is 2.26. The normalized spacial score (nSPS) is 23.1. The number of hydrogen-bond donors (Lipinski definition) is 1. The molecule has 1 N–H and O–H groups in total. The largest absolute Gasteiger partial charge is 0.389 e. The minimum absolute atomic E-state index is 0.372. The molecular formula is C17H28N2O2S. The lowest BCUT2D eigenvalue weighted by molar-refractivity contribution is 0.00300. The van der Waals surface area contributed by atoms with Crippen LogP contribution in [0.3, 0.4) is 0 Å². The zero-order valence-electron chi connectivity index (χ0n) is 13.3. The zero-order chi connectivity index (χ0) is 15.2. The van der Waals surface area contributed by atoms with Gasteiger partial charge in [0, 0.05) is 17.5 Å². The summed E-state index contributed by atoms with van der Waals surface area (Å²) in [5.41, 5.74) is 0. The highest BCUT2D eigenvalue weighted by atomic mass is 32.1. The second kappa shape index (κ2) is 8.41. The van der Waals surface area contributed by atoms with Crippen LogP contribution in [0, 0.1) is 0 Å². The Morgan fingerprint density at radius 2 is 2.00 bits per heavy atom. The van der Waals surface area contributed by atoms with Crippen LogP contribution in [0.4, 0.5) is 0 Å². The third kappa shape index (κ3) is 4.77. The molecule has 2 saturated heterocycles. The average Bonchev–Trinajstić information content (AvgIpc) is 3.21. The highest BCUT2D eigenvalue weighted by molar-refractivity contribution is 7.09. The van der Waals surface area contributed by atoms with Crippen molar-refractivity contribution in [2.75, 3.05) is 39.3 Å². The Morgan fingerprint density at radius 1 is 1.23 bits per heavy atom. The molecule has 1 aromatic rings. The number of ether oxygens (including phenoxy) is 1. The Kier molecular flexibility index (Phi) is 6.27. The van der Waals surface area contributed by atoms with Crippen LogP contribution in [0.15, 0.2) is 17.5 Å². The smallest absolute Gasteiger partial charge is 0.0900 e. The van der Waals surface area contributed by atoms with Gasteiger partial charge in [0.1, 0.15) is 0 Å². The molecule has 0 aliphatic carbocycles. The van der Waals surface area contributed by atoms with Gasteiger partial charge in [-0.2, -0.15) is 0 Å². The van der Waals surface area contributed by atoms with Gasteiger partial charge in [-0.3, -0.25) is 0 Å². The van der Waals surface area contributed by atoms with Crippen LogP contribution < -0.4 is 0 Å². The van der Waals surface area contributed by atoms with Crippen LogP contribution in [0.2, 0.25) is 0 Å². The fourth-order valence-electron chi connectivity index (χ4n) is 3.61. The first-order valence-electron chi connectivity index (χ1n) is 8.56. The third-order valence-corrected chi connectivity index (χ3v) is 5.67. The van der Waals surface area contributed by atoms with Crippen molar-refractivity contribution in [2.24, 2.45) is 0 Å². The van der Waals surface area contributed by atoms with Crippen LogP contribution in [0.1, 0.15) is 30.6 Å². The molecule has 1 unspecified atom stereocenters. The predicted molar refractivity (Wildman–Crippen MR) is 90.3 cm³/mol. The second-order valence-electron chi connectivity index (χ2n) is 6.52. The van der Waals surface area contributed by atoms with E-state index in [0.717, 1.165) is 25.7 Å². The monoisotopic (exact) mass is 324 g/mol. The lowest BCUT2D eigenvalue weighted by Crippen LogP contribution is -2.46. The Bertz CT molecular complexity index is 412. The lowest BCUT2D eigenvalue weighted by atomic mass is 10.0. The topological polar surface area (TPSA) is 35.9 Å². The highest BCUT2D eigenvalue weighted by Crippen LogP contribution is 2.21. The third-order valence-electron chi connectivity index (χ3n) is 4.82. The molecule has 2 fully saturated rings. The van der Waals surface area contributed by atoms with Gasteiger partial charge in [-0.05, 0) is 63.3 Å². The number of aliphatic hydroxyl groups is 1. The van der Waals surface area contributed by atoms with E-state index in [1.807, 2.05) is 6.07 Å². The predicted octanol–water partition coefficient (Wildman–Crippen LogP) is 2.19. The van der Waals surface area contributed by atoms with E-state index in [2.05, 4.69) is 21.2 Å². The number of rotatable bonds is 7. The quantitative estimate of drug-likeness (QED) is 0.834. The van der Waals surface area contributed by atoms with Crippen molar-refractivity contribution in [1.82, 2.24) is 9.80 Å². The first kappa shape index (κ1) is 16.4. The van der Waals surface area contributed by atoms with E-state index in [1.165, 1.54) is 43.6 Å². The summed E-state index contributed by atoms with van der Waals surface area (Å²) in [5, 5.41) is 12.2. The van der Waals surface area contributed by atoms with Crippen molar-refractivity contribution < 1.29 is 9.84 Å². The summed E-state index contributed by atoms with van der Waals surface area (Å²) in [6.45, 7) is 6.62. The van der Waals surface area contributed by atoms with E-state index in [9.17, 15) is 5.11 Å². The summed E-state index contributed by atoms with van der Waals surface area (Å²) < 4.78 is 5.61. The Morgan fingerprint density at radius 3 is 2.68 bits per heavy atom. The van der Waals surface area contributed by atoms with E-state index in [1.54, 1.807) is 11.3 Å². The molecule has 0 radical (unpaired) electrons. The van der Waals surface area contributed by atoms with Crippen molar-refractivity contribution >= 4 is 11.3 Å². The molecule has 0 bridgehead atoms. The summed E-state index contributed by atoms with van der Waals surface area (Å²) >= 11 is 1.70. The van der Waals surface area contributed by atoms with Crippen LogP contribution in [-0.4, -0.2) is 66.4 Å². The average molecular weight is 324 g/mol. The van der Waals surface area contributed by atoms with Gasteiger partial charge in [0.15, 0.2) is 0 Å². The zero-order valence-corrected chi connectivity index (χ0v) is 14.1. The number of piperidine rings is 1. The maximum Gasteiger partial charge on any atom is 0.0900 e. The van der Waals surface area contributed by atoms with Gasteiger partial charge in [-0.15, -0.1) is 11.3 Å². The number of nitrogens with zero attached hydrogens (tertiary/aromatic N) is 2. The van der Waals surface area contributed by atoms with E-state index in [4.69, 9.17) is 4.74 Å². The van der Waals surface area contributed by atoms with Crippen molar-refractivity contribution in [1.29, 1.82) is 0 Å². The molecule has 5 heteroatoms.